The molecule has 0 bridgehead atoms. The van der Waals surface area contributed by atoms with Gasteiger partial charge >= 0.3 is 0 Å². The lowest BCUT2D eigenvalue weighted by Gasteiger charge is -2.06. The van der Waals surface area contributed by atoms with Gasteiger partial charge in [-0.05, 0) is 34.7 Å². The minimum atomic E-state index is 0.587. The number of benzene rings is 1. The van der Waals surface area contributed by atoms with Crippen molar-refractivity contribution >= 4 is 22.2 Å². The molecule has 17 heavy (non-hydrogen) atoms. The number of aromatic nitrogens is 1. The quantitative estimate of drug-likeness (QED) is 0.745. The van der Waals surface area contributed by atoms with Gasteiger partial charge in [0.2, 0.25) is 0 Å². The molecule has 2 N–H and O–H groups in total. The van der Waals surface area contributed by atoms with Crippen LogP contribution in [0.5, 0.6) is 0 Å². The monoisotopic (exact) mass is 240 g/mol. The summed E-state index contributed by atoms with van der Waals surface area (Å²) in [5.41, 5.74) is 9.25. The maximum absolute atomic E-state index is 5.77. The first kappa shape index (κ1) is 10.4. The molecule has 84 valence electrons. The lowest BCUT2D eigenvalue weighted by atomic mass is 10.0. The summed E-state index contributed by atoms with van der Waals surface area (Å²) in [7, 11) is 0. The van der Waals surface area contributed by atoms with Gasteiger partial charge in [-0.25, -0.2) is 0 Å². The van der Waals surface area contributed by atoms with Crippen molar-refractivity contribution in [3.63, 3.8) is 0 Å². The van der Waals surface area contributed by atoms with Crippen LogP contribution in [0.1, 0.15) is 4.88 Å². The SMILES string of the molecule is NCc1sccc1-c1cccc2ncccc12. The van der Waals surface area contributed by atoms with Crippen LogP contribution in [0.3, 0.4) is 0 Å². The van der Waals surface area contributed by atoms with E-state index in [2.05, 4.69) is 28.6 Å². The van der Waals surface area contributed by atoms with Gasteiger partial charge in [0, 0.05) is 23.0 Å². The Morgan fingerprint density at radius 2 is 2.00 bits per heavy atom. The average molecular weight is 240 g/mol. The molecule has 0 aliphatic heterocycles. The van der Waals surface area contributed by atoms with Gasteiger partial charge in [-0.2, -0.15) is 0 Å². The Hall–Kier alpha value is -1.71. The van der Waals surface area contributed by atoms with Crippen molar-refractivity contribution in [3.05, 3.63) is 52.9 Å². The number of hydrogen-bond acceptors (Lipinski definition) is 3. The van der Waals surface area contributed by atoms with Crippen LogP contribution < -0.4 is 5.73 Å². The molecule has 2 nitrogen and oxygen atoms in total. The van der Waals surface area contributed by atoms with Crippen molar-refractivity contribution in [2.24, 2.45) is 5.73 Å². The predicted molar refractivity (Wildman–Crippen MR) is 72.9 cm³/mol. The summed E-state index contributed by atoms with van der Waals surface area (Å²) in [5.74, 6) is 0. The molecule has 0 aliphatic carbocycles. The highest BCUT2D eigenvalue weighted by atomic mass is 32.1. The Labute approximate surface area is 104 Å². The third-order valence-electron chi connectivity index (χ3n) is 2.87. The summed E-state index contributed by atoms with van der Waals surface area (Å²) >= 11 is 1.71. The van der Waals surface area contributed by atoms with E-state index in [1.54, 1.807) is 11.3 Å². The largest absolute Gasteiger partial charge is 0.326 e. The van der Waals surface area contributed by atoms with E-state index in [9.17, 15) is 0 Å². The Morgan fingerprint density at radius 3 is 2.88 bits per heavy atom. The highest BCUT2D eigenvalue weighted by Crippen LogP contribution is 2.32. The number of pyridine rings is 1. The minimum Gasteiger partial charge on any atom is -0.326 e. The summed E-state index contributed by atoms with van der Waals surface area (Å²) in [6.45, 7) is 0.587. The molecule has 0 amide bonds. The molecule has 0 spiro atoms. The van der Waals surface area contributed by atoms with Crippen molar-refractivity contribution in [1.29, 1.82) is 0 Å². The second-order valence-electron chi connectivity index (χ2n) is 3.84. The van der Waals surface area contributed by atoms with Gasteiger partial charge in [-0.15, -0.1) is 11.3 Å². The summed E-state index contributed by atoms with van der Waals surface area (Å²) in [4.78, 5) is 5.60. The molecular weight excluding hydrogens is 228 g/mol. The first-order chi connectivity index (χ1) is 8.40. The summed E-state index contributed by atoms with van der Waals surface area (Å²) < 4.78 is 0. The molecule has 0 radical (unpaired) electrons. The van der Waals surface area contributed by atoms with Crippen molar-refractivity contribution < 1.29 is 0 Å². The second-order valence-corrected chi connectivity index (χ2v) is 4.84. The molecule has 0 atom stereocenters. The first-order valence-corrected chi connectivity index (χ1v) is 6.38. The van der Waals surface area contributed by atoms with Crippen LogP contribution >= 0.6 is 11.3 Å². The van der Waals surface area contributed by atoms with Gasteiger partial charge in [0.1, 0.15) is 0 Å². The van der Waals surface area contributed by atoms with Crippen LogP contribution in [0, 0.1) is 0 Å². The molecule has 1 aromatic carbocycles. The summed E-state index contributed by atoms with van der Waals surface area (Å²) in [6, 6.07) is 12.4. The summed E-state index contributed by atoms with van der Waals surface area (Å²) in [6.07, 6.45) is 1.82. The third-order valence-corrected chi connectivity index (χ3v) is 3.81. The van der Waals surface area contributed by atoms with Crippen LogP contribution in [0.25, 0.3) is 22.0 Å². The fraction of sp³-hybridized carbons (Fsp3) is 0.0714. The Morgan fingerprint density at radius 1 is 1.06 bits per heavy atom. The van der Waals surface area contributed by atoms with E-state index in [-0.39, 0.29) is 0 Å². The molecule has 0 fully saturated rings. The van der Waals surface area contributed by atoms with Crippen molar-refractivity contribution in [2.45, 2.75) is 6.54 Å². The zero-order valence-corrected chi connectivity index (χ0v) is 10.1. The van der Waals surface area contributed by atoms with Crippen molar-refractivity contribution in [3.8, 4) is 11.1 Å². The standard InChI is InChI=1S/C14H12N2S/c15-9-14-12(6-8-17-14)10-3-1-5-13-11(10)4-2-7-16-13/h1-8H,9,15H2. The molecule has 3 rings (SSSR count). The van der Waals surface area contributed by atoms with E-state index in [0.29, 0.717) is 6.54 Å². The molecule has 0 unspecified atom stereocenters. The minimum absolute atomic E-state index is 0.587. The Balaban J connectivity index is 2.31. The third kappa shape index (κ3) is 1.73. The van der Waals surface area contributed by atoms with Gasteiger partial charge in [0.15, 0.2) is 0 Å². The van der Waals surface area contributed by atoms with E-state index in [1.807, 2.05) is 24.4 Å². The maximum Gasteiger partial charge on any atom is 0.0708 e. The molecule has 2 heterocycles. The van der Waals surface area contributed by atoms with Crippen LogP contribution in [-0.2, 0) is 6.54 Å². The smallest absolute Gasteiger partial charge is 0.0708 e. The Bertz CT molecular complexity index is 653. The number of hydrogen-bond donors (Lipinski definition) is 1. The Kier molecular flexibility index (Phi) is 2.63. The van der Waals surface area contributed by atoms with E-state index in [0.717, 1.165) is 5.52 Å². The predicted octanol–water partition coefficient (Wildman–Crippen LogP) is 3.42. The average Bonchev–Trinajstić information content (AvgIpc) is 2.86. The normalized spacial score (nSPS) is 10.9. The van der Waals surface area contributed by atoms with Crippen LogP contribution in [0.15, 0.2) is 48.0 Å². The molecule has 0 saturated heterocycles. The van der Waals surface area contributed by atoms with Gasteiger partial charge in [-0.3, -0.25) is 4.98 Å². The number of fused-ring (bicyclic) bond motifs is 1. The highest BCUT2D eigenvalue weighted by molar-refractivity contribution is 7.10. The topological polar surface area (TPSA) is 38.9 Å². The molecule has 2 aromatic heterocycles. The van der Waals surface area contributed by atoms with Crippen molar-refractivity contribution in [2.75, 3.05) is 0 Å². The zero-order valence-electron chi connectivity index (χ0n) is 9.26. The van der Waals surface area contributed by atoms with E-state index >= 15 is 0 Å². The number of rotatable bonds is 2. The zero-order chi connectivity index (χ0) is 11.7. The lowest BCUT2D eigenvalue weighted by molar-refractivity contribution is 1.11. The van der Waals surface area contributed by atoms with E-state index in [1.165, 1.54) is 21.4 Å². The molecule has 3 aromatic rings. The number of thiophene rings is 1. The van der Waals surface area contributed by atoms with Crippen LogP contribution in [-0.4, -0.2) is 4.98 Å². The van der Waals surface area contributed by atoms with Crippen LogP contribution in [0.4, 0.5) is 0 Å². The maximum atomic E-state index is 5.77. The molecule has 3 heteroatoms. The molecular formula is C14H12N2S. The fourth-order valence-electron chi connectivity index (χ4n) is 2.08. The number of nitrogens with zero attached hydrogens (tertiary/aromatic N) is 1. The molecule has 0 saturated carbocycles. The van der Waals surface area contributed by atoms with E-state index < -0.39 is 0 Å². The summed E-state index contributed by atoms with van der Waals surface area (Å²) in [5, 5.41) is 3.27. The lowest BCUT2D eigenvalue weighted by Crippen LogP contribution is -1.95. The number of nitrogens with two attached hydrogens (primary N) is 1. The van der Waals surface area contributed by atoms with Crippen LogP contribution in [0.2, 0.25) is 0 Å². The van der Waals surface area contributed by atoms with Gasteiger partial charge in [-0.1, -0.05) is 18.2 Å². The van der Waals surface area contributed by atoms with Crippen molar-refractivity contribution in [1.82, 2.24) is 4.98 Å². The fourth-order valence-corrected chi connectivity index (χ4v) is 2.85. The van der Waals surface area contributed by atoms with Gasteiger partial charge < -0.3 is 5.73 Å². The van der Waals surface area contributed by atoms with Gasteiger partial charge in [0.05, 0.1) is 5.52 Å². The van der Waals surface area contributed by atoms with Gasteiger partial charge in [0.25, 0.3) is 0 Å². The highest BCUT2D eigenvalue weighted by Gasteiger charge is 2.08. The van der Waals surface area contributed by atoms with E-state index in [4.69, 9.17) is 5.73 Å². The molecule has 0 aliphatic rings. The second kappa shape index (κ2) is 4.28. The first-order valence-electron chi connectivity index (χ1n) is 5.50.